The second-order valence-electron chi connectivity index (χ2n) is 3.86. The molecule has 2 nitrogen and oxygen atoms in total. The van der Waals surface area contributed by atoms with Crippen molar-refractivity contribution >= 4 is 5.78 Å². The Morgan fingerprint density at radius 2 is 2.00 bits per heavy atom. The SMILES string of the molecule is C=C/C=C(\C=C)[C@H](C)N1CCC(=O)CC1. The van der Waals surface area contributed by atoms with Crippen molar-refractivity contribution < 1.29 is 4.79 Å². The van der Waals surface area contributed by atoms with Crippen molar-refractivity contribution in [3.8, 4) is 0 Å². The molecule has 0 N–H and O–H groups in total. The zero-order valence-electron chi connectivity index (χ0n) is 9.41. The van der Waals surface area contributed by atoms with Gasteiger partial charge in [0.2, 0.25) is 0 Å². The molecule has 0 aliphatic carbocycles. The lowest BCUT2D eigenvalue weighted by Crippen LogP contribution is -2.40. The molecule has 2 heteroatoms. The molecule has 1 aliphatic rings. The molecule has 1 aliphatic heterocycles. The summed E-state index contributed by atoms with van der Waals surface area (Å²) in [7, 11) is 0. The smallest absolute Gasteiger partial charge is 0.135 e. The van der Waals surface area contributed by atoms with Gasteiger partial charge in [-0.05, 0) is 12.5 Å². The largest absolute Gasteiger partial charge is 0.300 e. The lowest BCUT2D eigenvalue weighted by Gasteiger charge is -2.32. The summed E-state index contributed by atoms with van der Waals surface area (Å²) in [5, 5.41) is 0. The Kier molecular flexibility index (Phi) is 4.50. The van der Waals surface area contributed by atoms with Gasteiger partial charge in [-0.3, -0.25) is 9.69 Å². The molecule has 0 aromatic rings. The maximum Gasteiger partial charge on any atom is 0.135 e. The molecule has 0 aromatic carbocycles. The summed E-state index contributed by atoms with van der Waals surface area (Å²) in [4.78, 5) is 13.4. The van der Waals surface area contributed by atoms with Gasteiger partial charge in [0.15, 0.2) is 0 Å². The van der Waals surface area contributed by atoms with Gasteiger partial charge in [0, 0.05) is 32.0 Å². The molecular weight excluding hydrogens is 186 g/mol. The first-order chi connectivity index (χ1) is 7.19. The van der Waals surface area contributed by atoms with Crippen LogP contribution in [0, 0.1) is 0 Å². The highest BCUT2D eigenvalue weighted by Gasteiger charge is 2.21. The average molecular weight is 205 g/mol. The van der Waals surface area contributed by atoms with Crippen LogP contribution in [0.4, 0.5) is 0 Å². The first-order valence-corrected chi connectivity index (χ1v) is 5.40. The molecular formula is C13H19NO. The van der Waals surface area contributed by atoms with E-state index in [1.807, 2.05) is 12.2 Å². The van der Waals surface area contributed by atoms with Gasteiger partial charge in [-0.2, -0.15) is 0 Å². The van der Waals surface area contributed by atoms with Gasteiger partial charge in [-0.15, -0.1) is 0 Å². The van der Waals surface area contributed by atoms with E-state index >= 15 is 0 Å². The Morgan fingerprint density at radius 3 is 2.47 bits per heavy atom. The van der Waals surface area contributed by atoms with Gasteiger partial charge in [-0.25, -0.2) is 0 Å². The fraction of sp³-hybridized carbons (Fsp3) is 0.462. The van der Waals surface area contributed by atoms with Crippen molar-refractivity contribution in [2.75, 3.05) is 13.1 Å². The van der Waals surface area contributed by atoms with E-state index in [1.165, 1.54) is 5.57 Å². The Labute approximate surface area is 92.0 Å². The number of ketones is 1. The van der Waals surface area contributed by atoms with Crippen LogP contribution in [0.3, 0.4) is 0 Å². The Morgan fingerprint density at radius 1 is 1.40 bits per heavy atom. The Hall–Kier alpha value is -1.15. The van der Waals surface area contributed by atoms with Crippen LogP contribution in [-0.4, -0.2) is 29.8 Å². The van der Waals surface area contributed by atoms with Crippen molar-refractivity contribution in [3.63, 3.8) is 0 Å². The number of Topliss-reactive ketones (excluding diaryl/α,β-unsaturated/α-hetero) is 1. The second-order valence-corrected chi connectivity index (χ2v) is 3.86. The third-order valence-electron chi connectivity index (χ3n) is 2.93. The minimum Gasteiger partial charge on any atom is -0.300 e. The van der Waals surface area contributed by atoms with E-state index in [1.54, 1.807) is 6.08 Å². The summed E-state index contributed by atoms with van der Waals surface area (Å²) in [6.45, 7) is 11.4. The van der Waals surface area contributed by atoms with Crippen molar-refractivity contribution in [1.82, 2.24) is 4.90 Å². The van der Waals surface area contributed by atoms with Crippen LogP contribution in [-0.2, 0) is 4.79 Å². The molecule has 0 amide bonds. The number of allylic oxidation sites excluding steroid dienone is 2. The van der Waals surface area contributed by atoms with Crippen LogP contribution >= 0.6 is 0 Å². The fourth-order valence-electron chi connectivity index (χ4n) is 1.89. The summed E-state index contributed by atoms with van der Waals surface area (Å²) in [6, 6.07) is 0.327. The minimum atomic E-state index is 0.327. The summed E-state index contributed by atoms with van der Waals surface area (Å²) >= 11 is 0. The number of likely N-dealkylation sites (tertiary alicyclic amines) is 1. The van der Waals surface area contributed by atoms with E-state index < -0.39 is 0 Å². The van der Waals surface area contributed by atoms with E-state index in [-0.39, 0.29) is 0 Å². The predicted molar refractivity (Wildman–Crippen MR) is 63.8 cm³/mol. The summed E-state index contributed by atoms with van der Waals surface area (Å²) in [5.74, 6) is 0.381. The molecule has 0 unspecified atom stereocenters. The number of rotatable bonds is 4. The van der Waals surface area contributed by atoms with Crippen molar-refractivity contribution in [1.29, 1.82) is 0 Å². The molecule has 0 spiro atoms. The third kappa shape index (κ3) is 3.17. The van der Waals surface area contributed by atoms with Crippen LogP contribution in [0.2, 0.25) is 0 Å². The number of piperidine rings is 1. The van der Waals surface area contributed by atoms with Gasteiger partial charge in [0.25, 0.3) is 0 Å². The molecule has 0 aromatic heterocycles. The number of carbonyl (C=O) groups is 1. The van der Waals surface area contributed by atoms with E-state index in [9.17, 15) is 4.79 Å². The second kappa shape index (κ2) is 5.66. The number of nitrogens with zero attached hydrogens (tertiary/aromatic N) is 1. The standard InChI is InChI=1S/C13H19NO/c1-4-6-12(5-2)11(3)14-9-7-13(15)8-10-14/h4-6,11H,1-2,7-10H2,3H3/b12-6+/t11-/m0/s1. The predicted octanol–water partition coefficient (Wildman–Crippen LogP) is 2.34. The first-order valence-electron chi connectivity index (χ1n) is 5.40. The molecule has 0 bridgehead atoms. The zero-order chi connectivity index (χ0) is 11.3. The van der Waals surface area contributed by atoms with E-state index in [0.717, 1.165) is 13.1 Å². The lowest BCUT2D eigenvalue weighted by molar-refractivity contribution is -0.121. The van der Waals surface area contributed by atoms with Gasteiger partial charge in [-0.1, -0.05) is 31.4 Å². The highest BCUT2D eigenvalue weighted by Crippen LogP contribution is 2.16. The van der Waals surface area contributed by atoms with Gasteiger partial charge < -0.3 is 0 Å². The molecule has 1 fully saturated rings. The molecule has 0 radical (unpaired) electrons. The average Bonchev–Trinajstić information content (AvgIpc) is 2.26. The molecule has 15 heavy (non-hydrogen) atoms. The first kappa shape index (κ1) is 11.9. The normalized spacial score (nSPS) is 21.1. The molecule has 82 valence electrons. The molecule has 0 saturated carbocycles. The summed E-state index contributed by atoms with van der Waals surface area (Å²) in [5.41, 5.74) is 1.17. The van der Waals surface area contributed by atoms with Crippen molar-refractivity contribution in [3.05, 3.63) is 37.0 Å². The maximum absolute atomic E-state index is 11.1. The third-order valence-corrected chi connectivity index (χ3v) is 2.93. The van der Waals surface area contributed by atoms with Gasteiger partial charge >= 0.3 is 0 Å². The highest BCUT2D eigenvalue weighted by atomic mass is 16.1. The molecule has 1 atom stereocenters. The van der Waals surface area contributed by atoms with Crippen molar-refractivity contribution in [2.45, 2.75) is 25.8 Å². The van der Waals surface area contributed by atoms with E-state index in [2.05, 4.69) is 25.0 Å². The fourth-order valence-corrected chi connectivity index (χ4v) is 1.89. The molecule has 1 heterocycles. The maximum atomic E-state index is 11.1. The number of carbonyl (C=O) groups excluding carboxylic acids is 1. The van der Waals surface area contributed by atoms with Crippen LogP contribution in [0.5, 0.6) is 0 Å². The number of hydrogen-bond acceptors (Lipinski definition) is 2. The Bertz CT molecular complexity index is 281. The van der Waals surface area contributed by atoms with Crippen molar-refractivity contribution in [2.24, 2.45) is 0 Å². The zero-order valence-corrected chi connectivity index (χ0v) is 9.41. The Balaban J connectivity index is 2.62. The monoisotopic (exact) mass is 205 g/mol. The van der Waals surface area contributed by atoms with Gasteiger partial charge in [0.05, 0.1) is 0 Å². The van der Waals surface area contributed by atoms with E-state index in [0.29, 0.717) is 24.7 Å². The van der Waals surface area contributed by atoms with Gasteiger partial charge in [0.1, 0.15) is 5.78 Å². The van der Waals surface area contributed by atoms with Crippen LogP contribution in [0.25, 0.3) is 0 Å². The molecule has 1 rings (SSSR count). The molecule has 1 saturated heterocycles. The quantitative estimate of drug-likeness (QED) is 0.657. The van der Waals surface area contributed by atoms with E-state index in [4.69, 9.17) is 0 Å². The minimum absolute atomic E-state index is 0.327. The number of hydrogen-bond donors (Lipinski definition) is 0. The van der Waals surface area contributed by atoms with Crippen LogP contribution < -0.4 is 0 Å². The highest BCUT2D eigenvalue weighted by molar-refractivity contribution is 5.79. The topological polar surface area (TPSA) is 20.3 Å². The van der Waals surface area contributed by atoms with Crippen LogP contribution in [0.1, 0.15) is 19.8 Å². The lowest BCUT2D eigenvalue weighted by atomic mass is 10.0. The summed E-state index contributed by atoms with van der Waals surface area (Å²) < 4.78 is 0. The van der Waals surface area contributed by atoms with Crippen LogP contribution in [0.15, 0.2) is 37.0 Å². The summed E-state index contributed by atoms with van der Waals surface area (Å²) in [6.07, 6.45) is 6.99.